The second-order valence-corrected chi connectivity index (χ2v) is 7.41. The summed E-state index contributed by atoms with van der Waals surface area (Å²) in [6, 6.07) is 2.85. The van der Waals surface area contributed by atoms with Crippen LogP contribution in [0.3, 0.4) is 0 Å². The lowest BCUT2D eigenvalue weighted by molar-refractivity contribution is -0.142. The van der Waals surface area contributed by atoms with Crippen LogP contribution in [0.4, 0.5) is 14.5 Å². The van der Waals surface area contributed by atoms with Crippen LogP contribution in [-0.2, 0) is 20.7 Å². The maximum absolute atomic E-state index is 13.6. The van der Waals surface area contributed by atoms with E-state index in [1.165, 1.54) is 23.1 Å². The number of nitrogens with zero attached hydrogens (tertiary/aromatic N) is 1. The third-order valence-corrected chi connectivity index (χ3v) is 5.12. The fourth-order valence-corrected chi connectivity index (χ4v) is 3.80. The highest BCUT2D eigenvalue weighted by atomic mass is 32.2. The van der Waals surface area contributed by atoms with Gasteiger partial charge in [-0.3, -0.25) is 9.59 Å². The van der Waals surface area contributed by atoms with Gasteiger partial charge in [-0.2, -0.15) is 0 Å². The Labute approximate surface area is 151 Å². The van der Waals surface area contributed by atoms with E-state index < -0.39 is 22.8 Å². The summed E-state index contributed by atoms with van der Waals surface area (Å²) in [5.74, 6) is -2.19. The van der Waals surface area contributed by atoms with Crippen molar-refractivity contribution >= 4 is 40.7 Å². The number of hydrogen-bond donors (Lipinski definition) is 1. The average molecular weight is 386 g/mol. The second-order valence-electron chi connectivity index (χ2n) is 4.96. The topological polar surface area (TPSA) is 68.3 Å². The first-order valence-electron chi connectivity index (χ1n) is 7.41. The Morgan fingerprint density at radius 1 is 1.40 bits per heavy atom. The van der Waals surface area contributed by atoms with Gasteiger partial charge in [-0.25, -0.2) is 13.8 Å². The van der Waals surface area contributed by atoms with Crippen LogP contribution in [0.15, 0.2) is 27.9 Å². The molecule has 1 atom stereocenters. The van der Waals surface area contributed by atoms with Crippen LogP contribution in [0.2, 0.25) is 0 Å². The Bertz CT molecular complexity index is 768. The van der Waals surface area contributed by atoms with Gasteiger partial charge in [-0.15, -0.1) is 11.3 Å². The van der Waals surface area contributed by atoms with E-state index in [1.54, 1.807) is 19.2 Å². The monoisotopic (exact) mass is 386 g/mol. The highest BCUT2D eigenvalue weighted by molar-refractivity contribution is 8.02. The van der Waals surface area contributed by atoms with Gasteiger partial charge in [0.2, 0.25) is 5.91 Å². The molecule has 2 aromatic rings. The van der Waals surface area contributed by atoms with E-state index in [2.05, 4.69) is 10.3 Å². The number of carbonyl (C=O) groups excluding carboxylic acids is 2. The molecule has 1 heterocycles. The number of thioether (sulfide) groups is 1. The maximum Gasteiger partial charge on any atom is 0.311 e. The number of benzene rings is 1. The summed E-state index contributed by atoms with van der Waals surface area (Å²) in [7, 11) is 0. The van der Waals surface area contributed by atoms with Crippen LogP contribution in [0.1, 0.15) is 19.5 Å². The first kappa shape index (κ1) is 19.3. The van der Waals surface area contributed by atoms with Gasteiger partial charge in [-0.05, 0) is 26.0 Å². The molecule has 5 nitrogen and oxygen atoms in total. The molecule has 0 fully saturated rings. The smallest absolute Gasteiger partial charge is 0.311 e. The SMILES string of the molecule is CCOC(=O)Cc1csc(S[C@H](C)C(=O)Nc2cc(F)ccc2F)n1. The lowest BCUT2D eigenvalue weighted by Gasteiger charge is -2.11. The lowest BCUT2D eigenvalue weighted by atomic mass is 10.3. The van der Waals surface area contributed by atoms with Gasteiger partial charge < -0.3 is 10.1 Å². The molecule has 0 spiro atoms. The van der Waals surface area contributed by atoms with Gasteiger partial charge >= 0.3 is 5.97 Å². The van der Waals surface area contributed by atoms with Gasteiger partial charge in [0, 0.05) is 11.4 Å². The minimum absolute atomic E-state index is 0.0694. The molecule has 0 radical (unpaired) electrons. The van der Waals surface area contributed by atoms with Crippen LogP contribution < -0.4 is 5.32 Å². The summed E-state index contributed by atoms with van der Waals surface area (Å²) in [5, 5.41) is 3.49. The molecule has 1 aromatic heterocycles. The summed E-state index contributed by atoms with van der Waals surface area (Å²) in [6.45, 7) is 3.66. The van der Waals surface area contributed by atoms with E-state index in [9.17, 15) is 18.4 Å². The molecule has 134 valence electrons. The van der Waals surface area contributed by atoms with E-state index >= 15 is 0 Å². The Balaban J connectivity index is 1.94. The summed E-state index contributed by atoms with van der Waals surface area (Å²) >= 11 is 2.47. The van der Waals surface area contributed by atoms with Crippen molar-refractivity contribution in [2.24, 2.45) is 0 Å². The number of ether oxygens (including phenoxy) is 1. The third-order valence-electron chi connectivity index (χ3n) is 2.99. The van der Waals surface area contributed by atoms with Crippen LogP contribution in [0.5, 0.6) is 0 Å². The van der Waals surface area contributed by atoms with Crippen LogP contribution in [0, 0.1) is 11.6 Å². The predicted octanol–water partition coefficient (Wildman–Crippen LogP) is 3.65. The maximum atomic E-state index is 13.6. The Morgan fingerprint density at radius 2 is 2.16 bits per heavy atom. The number of carbonyl (C=O) groups is 2. The Hall–Kier alpha value is -2.00. The number of hydrogen-bond acceptors (Lipinski definition) is 6. The molecule has 9 heteroatoms. The van der Waals surface area contributed by atoms with Gasteiger partial charge in [-0.1, -0.05) is 11.8 Å². The molecule has 0 unspecified atom stereocenters. The van der Waals surface area contributed by atoms with Crippen molar-refractivity contribution < 1.29 is 23.1 Å². The second kappa shape index (κ2) is 8.91. The van der Waals surface area contributed by atoms with Crippen molar-refractivity contribution in [1.29, 1.82) is 0 Å². The molecule has 0 saturated carbocycles. The molecule has 1 amide bonds. The Morgan fingerprint density at radius 3 is 2.88 bits per heavy atom. The van der Waals surface area contributed by atoms with Crippen molar-refractivity contribution in [1.82, 2.24) is 4.98 Å². The van der Waals surface area contributed by atoms with Crippen molar-refractivity contribution in [3.8, 4) is 0 Å². The van der Waals surface area contributed by atoms with E-state index in [1.807, 2.05) is 0 Å². The van der Waals surface area contributed by atoms with E-state index in [0.717, 1.165) is 18.2 Å². The molecule has 1 aromatic carbocycles. The first-order chi connectivity index (χ1) is 11.9. The summed E-state index contributed by atoms with van der Waals surface area (Å²) in [5.41, 5.74) is 0.356. The zero-order valence-corrected chi connectivity index (χ0v) is 15.2. The molecule has 1 N–H and O–H groups in total. The number of amides is 1. The highest BCUT2D eigenvalue weighted by Gasteiger charge is 2.19. The normalized spacial score (nSPS) is 11.8. The summed E-state index contributed by atoms with van der Waals surface area (Å²) < 4.78 is 32.2. The number of rotatable bonds is 7. The highest BCUT2D eigenvalue weighted by Crippen LogP contribution is 2.28. The molecule has 0 saturated heterocycles. The molecule has 25 heavy (non-hydrogen) atoms. The molecule has 0 aliphatic rings. The molecular weight excluding hydrogens is 370 g/mol. The zero-order chi connectivity index (χ0) is 18.4. The van der Waals surface area contributed by atoms with Crippen LogP contribution in [0.25, 0.3) is 0 Å². The number of esters is 1. The number of anilines is 1. The third kappa shape index (κ3) is 5.79. The minimum atomic E-state index is -0.710. The quantitative estimate of drug-likeness (QED) is 0.581. The fraction of sp³-hybridized carbons (Fsp3) is 0.312. The molecule has 2 rings (SSSR count). The molecule has 0 aliphatic heterocycles. The van der Waals surface area contributed by atoms with Crippen LogP contribution >= 0.6 is 23.1 Å². The lowest BCUT2D eigenvalue weighted by Crippen LogP contribution is -2.23. The summed E-state index contributed by atoms with van der Waals surface area (Å²) in [4.78, 5) is 27.8. The molecular formula is C16H16F2N2O3S2. The first-order valence-corrected chi connectivity index (χ1v) is 9.17. The largest absolute Gasteiger partial charge is 0.466 e. The van der Waals surface area contributed by atoms with E-state index in [-0.39, 0.29) is 18.1 Å². The summed E-state index contributed by atoms with van der Waals surface area (Å²) in [6.07, 6.45) is 0.0694. The average Bonchev–Trinajstić information content (AvgIpc) is 2.97. The molecule has 0 aliphatic carbocycles. The van der Waals surface area contributed by atoms with Crippen LogP contribution in [-0.4, -0.2) is 28.7 Å². The fourth-order valence-electron chi connectivity index (χ4n) is 1.82. The standard InChI is InChI=1S/C16H16F2N2O3S2/c1-3-23-14(21)7-11-8-24-16(19-11)25-9(2)15(22)20-13-6-10(17)4-5-12(13)18/h4-6,8-9H,3,7H2,1-2H3,(H,20,22)/t9-/m1/s1. The predicted molar refractivity (Wildman–Crippen MR) is 92.8 cm³/mol. The minimum Gasteiger partial charge on any atom is -0.466 e. The van der Waals surface area contributed by atoms with Gasteiger partial charge in [0.25, 0.3) is 0 Å². The van der Waals surface area contributed by atoms with E-state index in [4.69, 9.17) is 4.74 Å². The van der Waals surface area contributed by atoms with Crippen molar-refractivity contribution in [2.75, 3.05) is 11.9 Å². The molecule has 0 bridgehead atoms. The van der Waals surface area contributed by atoms with Crippen molar-refractivity contribution in [2.45, 2.75) is 29.9 Å². The van der Waals surface area contributed by atoms with Gasteiger partial charge in [0.05, 0.1) is 29.7 Å². The Kier molecular flexibility index (Phi) is 6.89. The number of thiazole rings is 1. The number of nitrogens with one attached hydrogen (secondary N) is 1. The van der Waals surface area contributed by atoms with Gasteiger partial charge in [0.15, 0.2) is 4.34 Å². The van der Waals surface area contributed by atoms with Gasteiger partial charge in [0.1, 0.15) is 11.6 Å². The van der Waals surface area contributed by atoms with Crippen molar-refractivity contribution in [3.63, 3.8) is 0 Å². The zero-order valence-electron chi connectivity index (χ0n) is 13.5. The number of halogens is 2. The van der Waals surface area contributed by atoms with E-state index in [0.29, 0.717) is 16.6 Å². The van der Waals surface area contributed by atoms with Crippen molar-refractivity contribution in [3.05, 3.63) is 40.9 Å². The number of aromatic nitrogens is 1.